The van der Waals surface area contributed by atoms with Gasteiger partial charge in [-0.3, -0.25) is 0 Å². The van der Waals surface area contributed by atoms with E-state index in [4.69, 9.17) is 11.0 Å². The number of aliphatic imine (C=N–C) groups is 1. The molecule has 14 heavy (non-hydrogen) atoms. The molecule has 1 aliphatic heterocycles. The SMILES string of the molecule is CC1(C#N)CC(C(F)(F)F)=CN=C1N. The maximum Gasteiger partial charge on any atom is 0.414 e. The van der Waals surface area contributed by atoms with Crippen LogP contribution in [-0.4, -0.2) is 12.0 Å². The van der Waals surface area contributed by atoms with Crippen molar-refractivity contribution in [2.24, 2.45) is 16.1 Å². The molecule has 0 aliphatic carbocycles. The zero-order chi connectivity index (χ0) is 11.0. The third kappa shape index (κ3) is 1.71. The number of alkyl halides is 3. The van der Waals surface area contributed by atoms with Gasteiger partial charge in [-0.05, 0) is 6.92 Å². The first kappa shape index (κ1) is 10.6. The molecule has 3 nitrogen and oxygen atoms in total. The minimum atomic E-state index is -4.44. The van der Waals surface area contributed by atoms with Gasteiger partial charge in [0.05, 0.1) is 11.6 Å². The lowest BCUT2D eigenvalue weighted by molar-refractivity contribution is -0.0957. The number of hydrogen-bond acceptors (Lipinski definition) is 3. The minimum absolute atomic E-state index is 0.0759. The van der Waals surface area contributed by atoms with Crippen molar-refractivity contribution in [2.45, 2.75) is 19.5 Å². The van der Waals surface area contributed by atoms with Crippen molar-refractivity contribution < 1.29 is 13.2 Å². The molecule has 0 fully saturated rings. The van der Waals surface area contributed by atoms with Gasteiger partial charge in [0.25, 0.3) is 0 Å². The molecule has 0 bridgehead atoms. The van der Waals surface area contributed by atoms with E-state index in [1.165, 1.54) is 6.92 Å². The van der Waals surface area contributed by atoms with Crippen LogP contribution in [0.2, 0.25) is 0 Å². The second-order valence-electron chi connectivity index (χ2n) is 3.29. The number of hydrogen-bond donors (Lipinski definition) is 1. The van der Waals surface area contributed by atoms with Crippen molar-refractivity contribution in [3.63, 3.8) is 0 Å². The van der Waals surface area contributed by atoms with E-state index in [0.717, 1.165) is 0 Å². The third-order valence-electron chi connectivity index (χ3n) is 2.08. The van der Waals surface area contributed by atoms with Gasteiger partial charge in [0.15, 0.2) is 0 Å². The predicted molar refractivity (Wildman–Crippen MR) is 44.1 cm³/mol. The average Bonchev–Trinajstić information content (AvgIpc) is 2.08. The summed E-state index contributed by atoms with van der Waals surface area (Å²) in [6, 6.07) is 1.74. The summed E-state index contributed by atoms with van der Waals surface area (Å²) in [5.74, 6) is -0.0759. The van der Waals surface area contributed by atoms with Gasteiger partial charge >= 0.3 is 6.18 Å². The third-order valence-corrected chi connectivity index (χ3v) is 2.08. The molecule has 0 aromatic heterocycles. The van der Waals surface area contributed by atoms with Crippen LogP contribution in [0.25, 0.3) is 0 Å². The first-order valence-corrected chi connectivity index (χ1v) is 3.81. The number of amidine groups is 1. The second kappa shape index (κ2) is 3.01. The number of allylic oxidation sites excluding steroid dienone is 1. The lowest BCUT2D eigenvalue weighted by Crippen LogP contribution is -2.37. The van der Waals surface area contributed by atoms with E-state index >= 15 is 0 Å². The quantitative estimate of drug-likeness (QED) is 0.651. The smallest absolute Gasteiger partial charge is 0.386 e. The zero-order valence-electron chi connectivity index (χ0n) is 7.39. The highest BCUT2D eigenvalue weighted by Crippen LogP contribution is 2.37. The fourth-order valence-electron chi connectivity index (χ4n) is 1.08. The standard InChI is InChI=1S/C8H8F3N3/c1-7(4-12)2-5(8(9,10)11)3-14-6(7)13/h3H,2H2,1H3,(H2,13,14). The Labute approximate surface area is 78.7 Å². The first-order valence-electron chi connectivity index (χ1n) is 3.81. The molecule has 0 saturated heterocycles. The van der Waals surface area contributed by atoms with Crippen molar-refractivity contribution in [3.8, 4) is 6.07 Å². The molecule has 0 radical (unpaired) electrons. The van der Waals surface area contributed by atoms with Gasteiger partial charge in [-0.2, -0.15) is 18.4 Å². The largest absolute Gasteiger partial charge is 0.414 e. The Morgan fingerprint density at radius 3 is 2.64 bits per heavy atom. The Morgan fingerprint density at radius 1 is 1.64 bits per heavy atom. The van der Waals surface area contributed by atoms with E-state index in [2.05, 4.69) is 4.99 Å². The van der Waals surface area contributed by atoms with E-state index in [1.54, 1.807) is 6.07 Å². The zero-order valence-corrected chi connectivity index (χ0v) is 7.39. The molecule has 0 aromatic carbocycles. The maximum atomic E-state index is 12.3. The molecule has 1 heterocycles. The Morgan fingerprint density at radius 2 is 2.21 bits per heavy atom. The molecule has 2 N–H and O–H groups in total. The van der Waals surface area contributed by atoms with Crippen molar-refractivity contribution in [1.29, 1.82) is 5.26 Å². The number of nitrogens with two attached hydrogens (primary N) is 1. The van der Waals surface area contributed by atoms with Crippen LogP contribution >= 0.6 is 0 Å². The highest BCUT2D eigenvalue weighted by molar-refractivity contribution is 5.90. The van der Waals surface area contributed by atoms with E-state index < -0.39 is 23.6 Å². The summed E-state index contributed by atoms with van der Waals surface area (Å²) in [7, 11) is 0. The van der Waals surface area contributed by atoms with Gasteiger partial charge in [0.1, 0.15) is 11.3 Å². The molecule has 1 unspecified atom stereocenters. The van der Waals surface area contributed by atoms with Crippen LogP contribution in [0.1, 0.15) is 13.3 Å². The summed E-state index contributed by atoms with van der Waals surface area (Å²) >= 11 is 0. The molecule has 76 valence electrons. The van der Waals surface area contributed by atoms with Gasteiger partial charge in [0.2, 0.25) is 0 Å². The fourth-order valence-corrected chi connectivity index (χ4v) is 1.08. The minimum Gasteiger partial charge on any atom is -0.386 e. The predicted octanol–water partition coefficient (Wildman–Crippen LogP) is 1.72. The number of nitrogens with zero attached hydrogens (tertiary/aromatic N) is 2. The molecule has 1 rings (SSSR count). The van der Waals surface area contributed by atoms with E-state index in [1.807, 2.05) is 0 Å². The van der Waals surface area contributed by atoms with E-state index in [0.29, 0.717) is 6.20 Å². The summed E-state index contributed by atoms with van der Waals surface area (Å²) < 4.78 is 36.8. The summed E-state index contributed by atoms with van der Waals surface area (Å²) in [6.07, 6.45) is -4.21. The topological polar surface area (TPSA) is 62.2 Å². The Hall–Kier alpha value is -1.51. The number of rotatable bonds is 0. The molecular formula is C8H8F3N3. The lowest BCUT2D eigenvalue weighted by Gasteiger charge is -2.26. The van der Waals surface area contributed by atoms with Gasteiger partial charge < -0.3 is 5.73 Å². The van der Waals surface area contributed by atoms with Crippen LogP contribution in [0, 0.1) is 16.7 Å². The Balaban J connectivity index is 3.06. The molecule has 0 amide bonds. The number of nitriles is 1. The van der Waals surface area contributed by atoms with Crippen molar-refractivity contribution in [3.05, 3.63) is 11.8 Å². The summed E-state index contributed by atoms with van der Waals surface area (Å²) in [4.78, 5) is 3.39. The molecule has 0 saturated carbocycles. The Kier molecular flexibility index (Phi) is 2.27. The van der Waals surface area contributed by atoms with E-state index in [9.17, 15) is 13.2 Å². The van der Waals surface area contributed by atoms with Crippen molar-refractivity contribution >= 4 is 5.84 Å². The van der Waals surface area contributed by atoms with Crippen LogP contribution in [-0.2, 0) is 0 Å². The number of halogens is 3. The lowest BCUT2D eigenvalue weighted by atomic mass is 9.82. The van der Waals surface area contributed by atoms with E-state index in [-0.39, 0.29) is 5.84 Å². The first-order chi connectivity index (χ1) is 6.29. The fraction of sp³-hybridized carbons (Fsp3) is 0.500. The van der Waals surface area contributed by atoms with Crippen LogP contribution < -0.4 is 5.73 Å². The molecule has 0 spiro atoms. The van der Waals surface area contributed by atoms with Crippen LogP contribution in [0.3, 0.4) is 0 Å². The highest BCUT2D eigenvalue weighted by atomic mass is 19.4. The van der Waals surface area contributed by atoms with Crippen molar-refractivity contribution in [2.75, 3.05) is 0 Å². The highest BCUT2D eigenvalue weighted by Gasteiger charge is 2.42. The van der Waals surface area contributed by atoms with Gasteiger partial charge in [0, 0.05) is 12.6 Å². The maximum absolute atomic E-state index is 12.3. The monoisotopic (exact) mass is 203 g/mol. The average molecular weight is 203 g/mol. The molecule has 0 aromatic rings. The molecule has 1 aliphatic rings. The van der Waals surface area contributed by atoms with Crippen LogP contribution in [0.15, 0.2) is 16.8 Å². The van der Waals surface area contributed by atoms with Crippen LogP contribution in [0.5, 0.6) is 0 Å². The second-order valence-corrected chi connectivity index (χ2v) is 3.29. The normalized spacial score (nSPS) is 27.6. The molecular weight excluding hydrogens is 195 g/mol. The van der Waals surface area contributed by atoms with Crippen LogP contribution in [0.4, 0.5) is 13.2 Å². The summed E-state index contributed by atoms with van der Waals surface area (Å²) in [6.45, 7) is 1.34. The molecule has 6 heteroatoms. The summed E-state index contributed by atoms with van der Waals surface area (Å²) in [5.41, 5.74) is 3.17. The Bertz CT molecular complexity index is 348. The molecule has 1 atom stereocenters. The van der Waals surface area contributed by atoms with Gasteiger partial charge in [-0.1, -0.05) is 0 Å². The van der Waals surface area contributed by atoms with Gasteiger partial charge in [-0.15, -0.1) is 0 Å². The summed E-state index contributed by atoms with van der Waals surface area (Å²) in [5, 5.41) is 8.70. The van der Waals surface area contributed by atoms with Gasteiger partial charge in [-0.25, -0.2) is 4.99 Å². The van der Waals surface area contributed by atoms with Crippen molar-refractivity contribution in [1.82, 2.24) is 0 Å².